The van der Waals surface area contributed by atoms with Crippen molar-refractivity contribution >= 4 is 27.3 Å². The lowest BCUT2D eigenvalue weighted by atomic mass is 9.93. The lowest BCUT2D eigenvalue weighted by molar-refractivity contribution is 0.0586. The Hall–Kier alpha value is 0.1000. The molecule has 2 atom stereocenters. The molecule has 0 aliphatic heterocycles. The van der Waals surface area contributed by atoms with Gasteiger partial charge in [-0.1, -0.05) is 0 Å². The predicted molar refractivity (Wildman–Crippen MR) is 71.9 cm³/mol. The zero-order valence-electron chi connectivity index (χ0n) is 9.54. The number of methoxy groups -OCH3 is 1. The number of ether oxygens (including phenoxy) is 1. The van der Waals surface area contributed by atoms with Crippen LogP contribution in [0.15, 0.2) is 15.9 Å². The second-order valence-corrected chi connectivity index (χ2v) is 6.86. The average molecular weight is 304 g/mol. The number of hydrogen-bond donors (Lipinski definition) is 1. The molecule has 1 aliphatic rings. The SMILES string of the molecule is COC1CCCC(NCc2ccc(Br)s2)C1. The monoisotopic (exact) mass is 303 g/mol. The fourth-order valence-corrected chi connectivity index (χ4v) is 3.67. The molecule has 1 aromatic heterocycles. The third-order valence-electron chi connectivity index (χ3n) is 3.15. The van der Waals surface area contributed by atoms with Gasteiger partial charge < -0.3 is 10.1 Å². The second kappa shape index (κ2) is 6.15. The maximum Gasteiger partial charge on any atom is 0.0701 e. The highest BCUT2D eigenvalue weighted by Gasteiger charge is 2.21. The van der Waals surface area contributed by atoms with Crippen LogP contribution < -0.4 is 5.32 Å². The normalized spacial score (nSPS) is 25.9. The Kier molecular flexibility index (Phi) is 4.82. The summed E-state index contributed by atoms with van der Waals surface area (Å²) in [5.74, 6) is 0. The van der Waals surface area contributed by atoms with Crippen molar-refractivity contribution in [3.05, 3.63) is 20.8 Å². The summed E-state index contributed by atoms with van der Waals surface area (Å²) in [6.07, 6.45) is 5.40. The molecule has 0 saturated heterocycles. The van der Waals surface area contributed by atoms with Crippen LogP contribution in [0.5, 0.6) is 0 Å². The van der Waals surface area contributed by atoms with Gasteiger partial charge in [0, 0.05) is 24.6 Å². The van der Waals surface area contributed by atoms with E-state index in [9.17, 15) is 0 Å². The van der Waals surface area contributed by atoms with Crippen molar-refractivity contribution in [2.24, 2.45) is 0 Å². The Morgan fingerprint density at radius 1 is 1.50 bits per heavy atom. The molecule has 1 N–H and O–H groups in total. The molecule has 1 saturated carbocycles. The number of hydrogen-bond acceptors (Lipinski definition) is 3. The van der Waals surface area contributed by atoms with Gasteiger partial charge in [0.1, 0.15) is 0 Å². The number of rotatable bonds is 4. The third kappa shape index (κ3) is 3.55. The topological polar surface area (TPSA) is 21.3 Å². The van der Waals surface area contributed by atoms with Crippen molar-refractivity contribution in [2.45, 2.75) is 44.4 Å². The molecule has 2 rings (SSSR count). The van der Waals surface area contributed by atoms with E-state index in [-0.39, 0.29) is 0 Å². The summed E-state index contributed by atoms with van der Waals surface area (Å²) in [4.78, 5) is 1.39. The molecular weight excluding hydrogens is 286 g/mol. The van der Waals surface area contributed by atoms with E-state index in [1.165, 1.54) is 27.9 Å². The van der Waals surface area contributed by atoms with Gasteiger partial charge in [0.05, 0.1) is 9.89 Å². The van der Waals surface area contributed by atoms with E-state index in [0.29, 0.717) is 12.1 Å². The number of halogens is 1. The van der Waals surface area contributed by atoms with Crippen LogP contribution in [0.1, 0.15) is 30.6 Å². The van der Waals surface area contributed by atoms with Gasteiger partial charge in [-0.15, -0.1) is 11.3 Å². The van der Waals surface area contributed by atoms with Crippen LogP contribution in [0.3, 0.4) is 0 Å². The average Bonchev–Trinajstić information content (AvgIpc) is 2.73. The Morgan fingerprint density at radius 2 is 2.38 bits per heavy atom. The molecule has 1 aliphatic carbocycles. The summed E-state index contributed by atoms with van der Waals surface area (Å²) in [6.45, 7) is 0.983. The summed E-state index contributed by atoms with van der Waals surface area (Å²) in [5.41, 5.74) is 0. The Bertz CT molecular complexity index is 329. The zero-order chi connectivity index (χ0) is 11.4. The smallest absolute Gasteiger partial charge is 0.0701 e. The van der Waals surface area contributed by atoms with E-state index in [4.69, 9.17) is 4.74 Å². The lowest BCUT2D eigenvalue weighted by Gasteiger charge is -2.28. The molecular formula is C12H18BrNOS. The molecule has 1 fully saturated rings. The largest absolute Gasteiger partial charge is 0.381 e. The molecule has 1 aromatic rings. The maximum atomic E-state index is 5.43. The minimum atomic E-state index is 0.460. The lowest BCUT2D eigenvalue weighted by Crippen LogP contribution is -2.36. The van der Waals surface area contributed by atoms with Crippen LogP contribution in [0.2, 0.25) is 0 Å². The first-order chi connectivity index (χ1) is 7.78. The number of thiophene rings is 1. The minimum absolute atomic E-state index is 0.460. The highest BCUT2D eigenvalue weighted by atomic mass is 79.9. The van der Waals surface area contributed by atoms with E-state index >= 15 is 0 Å². The number of nitrogens with one attached hydrogen (secondary N) is 1. The molecule has 0 spiro atoms. The van der Waals surface area contributed by atoms with Crippen LogP contribution >= 0.6 is 27.3 Å². The van der Waals surface area contributed by atoms with Crippen molar-refractivity contribution in [1.82, 2.24) is 5.32 Å². The molecule has 16 heavy (non-hydrogen) atoms. The Labute approximate surface area is 110 Å². The molecule has 0 aromatic carbocycles. The predicted octanol–water partition coefficient (Wildman–Crippen LogP) is 3.56. The second-order valence-electron chi connectivity index (χ2n) is 4.31. The van der Waals surface area contributed by atoms with Gasteiger partial charge in [0.25, 0.3) is 0 Å². The van der Waals surface area contributed by atoms with Gasteiger partial charge in [-0.05, 0) is 53.7 Å². The molecule has 90 valence electrons. The van der Waals surface area contributed by atoms with Gasteiger partial charge in [0.2, 0.25) is 0 Å². The van der Waals surface area contributed by atoms with E-state index in [0.717, 1.165) is 13.0 Å². The summed E-state index contributed by atoms with van der Waals surface area (Å²) in [6, 6.07) is 4.92. The third-order valence-corrected chi connectivity index (χ3v) is 4.78. The van der Waals surface area contributed by atoms with Crippen molar-refractivity contribution in [3.8, 4) is 0 Å². The van der Waals surface area contributed by atoms with Crippen LogP contribution in [0.4, 0.5) is 0 Å². The van der Waals surface area contributed by atoms with Crippen molar-refractivity contribution in [2.75, 3.05) is 7.11 Å². The van der Waals surface area contributed by atoms with Crippen LogP contribution in [0.25, 0.3) is 0 Å². The van der Waals surface area contributed by atoms with Crippen molar-refractivity contribution in [1.29, 1.82) is 0 Å². The van der Waals surface area contributed by atoms with Crippen molar-refractivity contribution < 1.29 is 4.74 Å². The van der Waals surface area contributed by atoms with Crippen LogP contribution in [-0.2, 0) is 11.3 Å². The van der Waals surface area contributed by atoms with E-state index in [2.05, 4.69) is 33.4 Å². The fraction of sp³-hybridized carbons (Fsp3) is 0.667. The van der Waals surface area contributed by atoms with Gasteiger partial charge in [-0.2, -0.15) is 0 Å². The molecule has 0 bridgehead atoms. The van der Waals surface area contributed by atoms with E-state index in [1.807, 2.05) is 7.11 Å². The zero-order valence-corrected chi connectivity index (χ0v) is 11.9. The van der Waals surface area contributed by atoms with Crippen molar-refractivity contribution in [3.63, 3.8) is 0 Å². The molecule has 2 unspecified atom stereocenters. The van der Waals surface area contributed by atoms with E-state index < -0.39 is 0 Å². The van der Waals surface area contributed by atoms with Crippen LogP contribution in [0, 0.1) is 0 Å². The van der Waals surface area contributed by atoms with Gasteiger partial charge >= 0.3 is 0 Å². The first-order valence-corrected chi connectivity index (χ1v) is 7.39. The first-order valence-electron chi connectivity index (χ1n) is 5.78. The minimum Gasteiger partial charge on any atom is -0.381 e. The molecule has 2 nitrogen and oxygen atoms in total. The van der Waals surface area contributed by atoms with E-state index in [1.54, 1.807) is 11.3 Å². The molecule has 0 amide bonds. The van der Waals surface area contributed by atoms with Crippen LogP contribution in [-0.4, -0.2) is 19.3 Å². The maximum absolute atomic E-state index is 5.43. The highest BCUT2D eigenvalue weighted by Crippen LogP contribution is 2.24. The van der Waals surface area contributed by atoms with Gasteiger partial charge in [-0.25, -0.2) is 0 Å². The summed E-state index contributed by atoms with van der Waals surface area (Å²) in [5, 5.41) is 3.63. The summed E-state index contributed by atoms with van der Waals surface area (Å²) >= 11 is 5.30. The highest BCUT2D eigenvalue weighted by molar-refractivity contribution is 9.11. The summed E-state index contributed by atoms with van der Waals surface area (Å²) in [7, 11) is 1.82. The standard InChI is InChI=1S/C12H18BrNOS/c1-15-10-4-2-3-9(7-10)14-8-11-5-6-12(13)16-11/h5-6,9-10,14H,2-4,7-8H2,1H3. The van der Waals surface area contributed by atoms with Gasteiger partial charge in [0.15, 0.2) is 0 Å². The fourth-order valence-electron chi connectivity index (χ4n) is 2.24. The quantitative estimate of drug-likeness (QED) is 0.918. The Morgan fingerprint density at radius 3 is 3.06 bits per heavy atom. The van der Waals surface area contributed by atoms with Gasteiger partial charge in [-0.3, -0.25) is 0 Å². The molecule has 0 radical (unpaired) electrons. The molecule has 1 heterocycles. The molecule has 4 heteroatoms. The first kappa shape index (κ1) is 12.6. The summed E-state index contributed by atoms with van der Waals surface area (Å²) < 4.78 is 6.64. The Balaban J connectivity index is 1.77.